The Morgan fingerprint density at radius 2 is 1.52 bits per heavy atom. The highest BCUT2D eigenvalue weighted by atomic mass is 16.6. The van der Waals surface area contributed by atoms with Gasteiger partial charge in [0.2, 0.25) is 0 Å². The number of Topliss-reactive ketones (excluding diaryl/α,β-unsaturated/α-hetero) is 1. The van der Waals surface area contributed by atoms with Crippen molar-refractivity contribution >= 4 is 17.7 Å². The Balaban J connectivity index is 2.22. The summed E-state index contributed by atoms with van der Waals surface area (Å²) >= 11 is 0. The number of methoxy groups -OCH3 is 1. The van der Waals surface area contributed by atoms with E-state index in [0.717, 1.165) is 0 Å². The van der Waals surface area contributed by atoms with Gasteiger partial charge in [0.15, 0.2) is 17.3 Å². The second-order valence-corrected chi connectivity index (χ2v) is 7.40. The fourth-order valence-electron chi connectivity index (χ4n) is 2.33. The number of esters is 2. The molecule has 0 aromatic heterocycles. The lowest BCUT2D eigenvalue weighted by Crippen LogP contribution is -2.39. The van der Waals surface area contributed by atoms with Gasteiger partial charge in [0.1, 0.15) is 5.75 Å². The third-order valence-electron chi connectivity index (χ3n) is 3.83. The molecule has 154 valence electrons. The van der Waals surface area contributed by atoms with Crippen LogP contribution in [0.3, 0.4) is 0 Å². The van der Waals surface area contributed by atoms with Crippen LogP contribution in [0.5, 0.6) is 17.2 Å². The van der Waals surface area contributed by atoms with Gasteiger partial charge in [-0.2, -0.15) is 0 Å². The Morgan fingerprint density at radius 1 is 0.897 bits per heavy atom. The van der Waals surface area contributed by atoms with Crippen molar-refractivity contribution in [3.05, 3.63) is 53.6 Å². The first-order valence-corrected chi connectivity index (χ1v) is 9.06. The van der Waals surface area contributed by atoms with E-state index < -0.39 is 11.9 Å². The van der Waals surface area contributed by atoms with Gasteiger partial charge in [-0.15, -0.1) is 0 Å². The Labute approximate surface area is 170 Å². The van der Waals surface area contributed by atoms with E-state index in [9.17, 15) is 14.4 Å². The van der Waals surface area contributed by atoms with Gasteiger partial charge < -0.3 is 19.5 Å². The van der Waals surface area contributed by atoms with Crippen LogP contribution in [0.1, 0.15) is 48.4 Å². The van der Waals surface area contributed by atoms with Gasteiger partial charge in [-0.25, -0.2) is 4.79 Å². The second kappa shape index (κ2) is 9.34. The smallest absolute Gasteiger partial charge is 0.343 e. The third kappa shape index (κ3) is 6.73. The fraction of sp³-hybridized carbons (Fsp3) is 0.318. The Kier molecular flexibility index (Phi) is 7.12. The molecule has 0 saturated carbocycles. The minimum absolute atomic E-state index is 0.000898. The van der Waals surface area contributed by atoms with Crippen molar-refractivity contribution in [2.24, 2.45) is 0 Å². The maximum absolute atomic E-state index is 12.4. The Morgan fingerprint density at radius 3 is 2.07 bits per heavy atom. The van der Waals surface area contributed by atoms with Crippen LogP contribution >= 0.6 is 0 Å². The average molecular weight is 399 g/mol. The van der Waals surface area contributed by atoms with Crippen LogP contribution in [-0.4, -0.2) is 36.9 Å². The topological polar surface area (TPSA) is 90.9 Å². The van der Waals surface area contributed by atoms with Gasteiger partial charge in [-0.05, 0) is 63.2 Å². The van der Waals surface area contributed by atoms with Crippen molar-refractivity contribution in [3.63, 3.8) is 0 Å². The van der Waals surface area contributed by atoms with E-state index in [4.69, 9.17) is 14.2 Å². The van der Waals surface area contributed by atoms with E-state index in [-0.39, 0.29) is 29.4 Å². The van der Waals surface area contributed by atoms with Crippen LogP contribution in [0.15, 0.2) is 42.5 Å². The average Bonchev–Trinajstić information content (AvgIpc) is 2.66. The summed E-state index contributed by atoms with van der Waals surface area (Å²) in [6.45, 7) is 7.20. The van der Waals surface area contributed by atoms with Gasteiger partial charge in [-0.1, -0.05) is 0 Å². The number of rotatable bonds is 7. The molecule has 0 fully saturated rings. The summed E-state index contributed by atoms with van der Waals surface area (Å²) in [4.78, 5) is 36.3. The predicted molar refractivity (Wildman–Crippen MR) is 108 cm³/mol. The summed E-state index contributed by atoms with van der Waals surface area (Å²) in [5.41, 5.74) is 0.415. The van der Waals surface area contributed by atoms with E-state index in [1.807, 2.05) is 20.8 Å². The van der Waals surface area contributed by atoms with Gasteiger partial charge in [-0.3, -0.25) is 9.59 Å². The number of nitrogens with one attached hydrogen (secondary N) is 1. The summed E-state index contributed by atoms with van der Waals surface area (Å²) in [7, 11) is 1.53. The van der Waals surface area contributed by atoms with E-state index in [2.05, 4.69) is 5.32 Å². The molecular formula is C22H25NO6. The summed E-state index contributed by atoms with van der Waals surface area (Å²) in [6, 6.07) is 10.7. The summed E-state index contributed by atoms with van der Waals surface area (Å²) in [5.74, 6) is -0.753. The molecule has 1 N–H and O–H groups in total. The number of carbonyl (C=O) groups is 3. The van der Waals surface area contributed by atoms with Crippen LogP contribution in [0.25, 0.3) is 0 Å². The van der Waals surface area contributed by atoms with Crippen LogP contribution in [0.4, 0.5) is 0 Å². The van der Waals surface area contributed by atoms with Crippen molar-refractivity contribution in [2.45, 2.75) is 33.2 Å². The molecule has 0 aliphatic rings. The summed E-state index contributed by atoms with van der Waals surface area (Å²) < 4.78 is 15.6. The van der Waals surface area contributed by atoms with E-state index in [1.165, 1.54) is 32.2 Å². The number of hydrogen-bond donors (Lipinski definition) is 1. The first-order valence-electron chi connectivity index (χ1n) is 9.06. The van der Waals surface area contributed by atoms with Gasteiger partial charge in [0.05, 0.1) is 19.2 Å². The maximum atomic E-state index is 12.4. The maximum Gasteiger partial charge on any atom is 0.343 e. The van der Waals surface area contributed by atoms with E-state index in [0.29, 0.717) is 16.9 Å². The van der Waals surface area contributed by atoms with Crippen molar-refractivity contribution in [3.8, 4) is 17.2 Å². The molecule has 0 saturated heterocycles. The minimum Gasteiger partial charge on any atom is -0.497 e. The number of carbonyl (C=O) groups excluding carboxylic acids is 3. The van der Waals surface area contributed by atoms with Crippen molar-refractivity contribution in [1.29, 1.82) is 0 Å². The molecule has 0 heterocycles. The predicted octanol–water partition coefficient (Wildman–Crippen LogP) is 3.41. The van der Waals surface area contributed by atoms with Gasteiger partial charge in [0, 0.05) is 18.0 Å². The number of ketones is 1. The largest absolute Gasteiger partial charge is 0.497 e. The van der Waals surface area contributed by atoms with Crippen molar-refractivity contribution < 1.29 is 28.6 Å². The van der Waals surface area contributed by atoms with E-state index >= 15 is 0 Å². The molecule has 29 heavy (non-hydrogen) atoms. The number of hydrogen-bond acceptors (Lipinski definition) is 7. The summed E-state index contributed by atoms with van der Waals surface area (Å²) in [6.07, 6.45) is 0. The molecule has 7 heteroatoms. The highest BCUT2D eigenvalue weighted by molar-refractivity contribution is 5.98. The molecule has 0 atom stereocenters. The van der Waals surface area contributed by atoms with Crippen molar-refractivity contribution in [1.82, 2.24) is 5.32 Å². The second-order valence-electron chi connectivity index (χ2n) is 7.40. The zero-order chi connectivity index (χ0) is 21.6. The number of benzene rings is 2. The molecule has 0 aliphatic carbocycles. The fourth-order valence-corrected chi connectivity index (χ4v) is 2.33. The first-order chi connectivity index (χ1) is 13.6. The molecule has 7 nitrogen and oxygen atoms in total. The molecule has 2 aromatic carbocycles. The molecule has 0 unspecified atom stereocenters. The highest BCUT2D eigenvalue weighted by Crippen LogP contribution is 2.30. The lowest BCUT2D eigenvalue weighted by molar-refractivity contribution is -0.132. The molecule has 0 aliphatic heterocycles. The molecule has 0 bridgehead atoms. The van der Waals surface area contributed by atoms with Crippen molar-refractivity contribution in [2.75, 3.05) is 13.7 Å². The summed E-state index contributed by atoms with van der Waals surface area (Å²) in [5, 5.41) is 3.11. The Hall–Kier alpha value is -3.19. The van der Waals surface area contributed by atoms with Gasteiger partial charge >= 0.3 is 11.9 Å². The quantitative estimate of drug-likeness (QED) is 0.433. The SMILES string of the molecule is COc1ccc(C(=O)Oc2ccc(C(=O)CNC(C)(C)C)cc2OC(C)=O)cc1. The van der Waals surface area contributed by atoms with Gasteiger partial charge in [0.25, 0.3) is 0 Å². The van der Waals surface area contributed by atoms with E-state index in [1.54, 1.807) is 24.3 Å². The van der Waals surface area contributed by atoms with Crippen LogP contribution in [0.2, 0.25) is 0 Å². The third-order valence-corrected chi connectivity index (χ3v) is 3.83. The normalized spacial score (nSPS) is 10.9. The molecule has 2 rings (SSSR count). The molecule has 0 radical (unpaired) electrons. The number of ether oxygens (including phenoxy) is 3. The molecule has 2 aromatic rings. The standard InChI is InChI=1S/C22H25NO6/c1-14(24)28-20-12-16(18(25)13-23-22(2,3)4)8-11-19(20)29-21(26)15-6-9-17(27-5)10-7-15/h6-12,23H,13H2,1-5H3. The molecular weight excluding hydrogens is 374 g/mol. The zero-order valence-electron chi connectivity index (χ0n) is 17.2. The monoisotopic (exact) mass is 399 g/mol. The minimum atomic E-state index is -0.630. The van der Waals surface area contributed by atoms with Crippen LogP contribution in [-0.2, 0) is 4.79 Å². The Bertz CT molecular complexity index is 897. The molecule has 0 amide bonds. The molecule has 0 spiro atoms. The van der Waals surface area contributed by atoms with Crippen LogP contribution in [0, 0.1) is 0 Å². The zero-order valence-corrected chi connectivity index (χ0v) is 17.2. The van der Waals surface area contributed by atoms with Crippen LogP contribution < -0.4 is 19.5 Å². The first kappa shape index (κ1) is 22.1. The lowest BCUT2D eigenvalue weighted by atomic mass is 10.1. The highest BCUT2D eigenvalue weighted by Gasteiger charge is 2.18. The lowest BCUT2D eigenvalue weighted by Gasteiger charge is -2.20.